The molecular formula is C19H21NO6. The molecule has 3 heterocycles. The normalized spacial score (nSPS) is 31.4. The molecular weight excluding hydrogens is 338 g/mol. The molecule has 4 unspecified atom stereocenters. The van der Waals surface area contributed by atoms with E-state index in [4.69, 9.17) is 14.2 Å². The molecule has 4 rings (SSSR count). The third-order valence-corrected chi connectivity index (χ3v) is 5.58. The van der Waals surface area contributed by atoms with E-state index >= 15 is 0 Å². The molecule has 1 N–H and O–H groups in total. The second-order valence-electron chi connectivity index (χ2n) is 6.94. The van der Waals surface area contributed by atoms with Crippen LogP contribution in [0.5, 0.6) is 11.5 Å². The van der Waals surface area contributed by atoms with Crippen LogP contribution in [0.15, 0.2) is 30.4 Å². The van der Waals surface area contributed by atoms with Crippen LogP contribution in [-0.4, -0.2) is 60.9 Å². The number of aliphatic carboxylic acids is 1. The van der Waals surface area contributed by atoms with Crippen LogP contribution < -0.4 is 9.47 Å². The molecule has 2 fully saturated rings. The molecule has 7 heteroatoms. The maximum absolute atomic E-state index is 12.8. The van der Waals surface area contributed by atoms with Crippen LogP contribution in [-0.2, 0) is 20.7 Å². The Labute approximate surface area is 151 Å². The number of carbonyl (C=O) groups excluding carboxylic acids is 1. The fraction of sp³-hybridized carbons (Fsp3) is 0.474. The van der Waals surface area contributed by atoms with E-state index in [1.54, 1.807) is 25.2 Å². The third kappa shape index (κ3) is 2.38. The fourth-order valence-electron chi connectivity index (χ4n) is 4.35. The van der Waals surface area contributed by atoms with Gasteiger partial charge < -0.3 is 24.2 Å². The Balaban J connectivity index is 1.48. The van der Waals surface area contributed by atoms with Crippen molar-refractivity contribution >= 4 is 11.9 Å². The molecule has 2 saturated heterocycles. The predicted octanol–water partition coefficient (Wildman–Crippen LogP) is 1.11. The minimum Gasteiger partial charge on any atom is -0.493 e. The second-order valence-corrected chi connectivity index (χ2v) is 6.94. The summed E-state index contributed by atoms with van der Waals surface area (Å²) >= 11 is 0. The number of benzene rings is 1. The van der Waals surface area contributed by atoms with Gasteiger partial charge in [0.15, 0.2) is 11.5 Å². The van der Waals surface area contributed by atoms with Crippen LogP contribution >= 0.6 is 0 Å². The number of hydrogen-bond acceptors (Lipinski definition) is 5. The van der Waals surface area contributed by atoms with Gasteiger partial charge in [0.05, 0.1) is 32.8 Å². The summed E-state index contributed by atoms with van der Waals surface area (Å²) in [6.07, 6.45) is 3.80. The number of fused-ring (bicyclic) bond motifs is 1. The lowest BCUT2D eigenvalue weighted by atomic mass is 9.77. The molecule has 4 atom stereocenters. The van der Waals surface area contributed by atoms with Gasteiger partial charge in [0.25, 0.3) is 0 Å². The molecule has 0 aromatic heterocycles. The van der Waals surface area contributed by atoms with Gasteiger partial charge in [0.1, 0.15) is 11.5 Å². The van der Waals surface area contributed by atoms with Gasteiger partial charge in [-0.1, -0.05) is 18.2 Å². The van der Waals surface area contributed by atoms with E-state index in [2.05, 4.69) is 0 Å². The van der Waals surface area contributed by atoms with Crippen LogP contribution in [0, 0.1) is 11.8 Å². The number of carboxylic acid groups (broad SMARTS) is 1. The molecule has 138 valence electrons. The van der Waals surface area contributed by atoms with Crippen molar-refractivity contribution in [2.75, 3.05) is 27.3 Å². The Kier molecular flexibility index (Phi) is 3.91. The summed E-state index contributed by atoms with van der Waals surface area (Å²) in [5.74, 6) is -1.23. The van der Waals surface area contributed by atoms with Crippen molar-refractivity contribution in [2.24, 2.45) is 11.8 Å². The van der Waals surface area contributed by atoms with Gasteiger partial charge in [0.2, 0.25) is 5.91 Å². The number of likely N-dealkylation sites (tertiary alicyclic amines) is 1. The Bertz CT molecular complexity index is 790. The minimum atomic E-state index is -0.971. The molecule has 1 aromatic carbocycles. The molecule has 2 bridgehead atoms. The van der Waals surface area contributed by atoms with Crippen molar-refractivity contribution in [3.8, 4) is 11.5 Å². The molecule has 0 radical (unpaired) electrons. The Morgan fingerprint density at radius 1 is 1.35 bits per heavy atom. The number of carboxylic acids is 1. The molecule has 1 spiro atoms. The molecule has 3 aliphatic heterocycles. The first-order valence-electron chi connectivity index (χ1n) is 8.59. The number of hydrogen-bond donors (Lipinski definition) is 1. The smallest absolute Gasteiger partial charge is 0.310 e. The lowest BCUT2D eigenvalue weighted by molar-refractivity contribution is -0.148. The third-order valence-electron chi connectivity index (χ3n) is 5.58. The van der Waals surface area contributed by atoms with Crippen molar-refractivity contribution in [1.29, 1.82) is 0 Å². The number of amides is 1. The molecule has 0 aliphatic carbocycles. The molecule has 26 heavy (non-hydrogen) atoms. The zero-order valence-electron chi connectivity index (χ0n) is 14.7. The maximum Gasteiger partial charge on any atom is 0.310 e. The van der Waals surface area contributed by atoms with Gasteiger partial charge in [-0.2, -0.15) is 0 Å². The highest BCUT2D eigenvalue weighted by Crippen LogP contribution is 2.51. The zero-order chi connectivity index (χ0) is 18.5. The highest BCUT2D eigenvalue weighted by Gasteiger charge is 2.66. The van der Waals surface area contributed by atoms with E-state index in [-0.39, 0.29) is 5.91 Å². The van der Waals surface area contributed by atoms with Crippen molar-refractivity contribution in [2.45, 2.75) is 18.1 Å². The van der Waals surface area contributed by atoms with E-state index in [1.165, 1.54) is 0 Å². The number of ether oxygens (including phenoxy) is 3. The summed E-state index contributed by atoms with van der Waals surface area (Å²) in [6.45, 7) is 0.904. The standard InChI is InChI=1S/C19H21NO6/c1-24-12-4-3-11(9-14(12)25-2)6-8-20-10-19-7-5-13(26-19)15(18(22)23)16(19)17(20)21/h3-5,7,9,13,15-16H,6,8,10H2,1-2H3,(H,22,23). The van der Waals surface area contributed by atoms with Crippen molar-refractivity contribution in [3.05, 3.63) is 35.9 Å². The first-order chi connectivity index (χ1) is 12.5. The molecule has 3 aliphatic rings. The van der Waals surface area contributed by atoms with Crippen molar-refractivity contribution in [3.63, 3.8) is 0 Å². The predicted molar refractivity (Wildman–Crippen MR) is 91.2 cm³/mol. The highest BCUT2D eigenvalue weighted by molar-refractivity contribution is 5.90. The summed E-state index contributed by atoms with van der Waals surface area (Å²) in [6, 6.07) is 5.66. The van der Waals surface area contributed by atoms with Gasteiger partial charge >= 0.3 is 5.97 Å². The Morgan fingerprint density at radius 3 is 2.81 bits per heavy atom. The SMILES string of the molecule is COc1ccc(CCN2CC34C=CC(O3)C(C(=O)O)C4C2=O)cc1OC. The van der Waals surface area contributed by atoms with E-state index < -0.39 is 29.5 Å². The number of nitrogens with zero attached hydrogens (tertiary/aromatic N) is 1. The fourth-order valence-corrected chi connectivity index (χ4v) is 4.35. The zero-order valence-corrected chi connectivity index (χ0v) is 14.7. The monoisotopic (exact) mass is 359 g/mol. The van der Waals surface area contributed by atoms with Crippen LogP contribution in [0.3, 0.4) is 0 Å². The molecule has 1 aromatic rings. The number of rotatable bonds is 6. The average Bonchev–Trinajstić information content (AvgIpc) is 3.27. The summed E-state index contributed by atoms with van der Waals surface area (Å²) in [5.41, 5.74) is 0.239. The molecule has 0 saturated carbocycles. The van der Waals surface area contributed by atoms with Gasteiger partial charge in [-0.25, -0.2) is 0 Å². The quantitative estimate of drug-likeness (QED) is 0.766. The van der Waals surface area contributed by atoms with Crippen LogP contribution in [0.1, 0.15) is 5.56 Å². The van der Waals surface area contributed by atoms with Crippen LogP contribution in [0.25, 0.3) is 0 Å². The van der Waals surface area contributed by atoms with E-state index in [9.17, 15) is 14.7 Å². The highest BCUT2D eigenvalue weighted by atomic mass is 16.5. The van der Waals surface area contributed by atoms with Crippen molar-refractivity contribution in [1.82, 2.24) is 4.90 Å². The van der Waals surface area contributed by atoms with Gasteiger partial charge in [0, 0.05) is 6.54 Å². The maximum atomic E-state index is 12.8. The van der Waals surface area contributed by atoms with Crippen LogP contribution in [0.2, 0.25) is 0 Å². The van der Waals surface area contributed by atoms with E-state index in [0.29, 0.717) is 31.0 Å². The lowest BCUT2D eigenvalue weighted by Crippen LogP contribution is -2.39. The van der Waals surface area contributed by atoms with Crippen molar-refractivity contribution < 1.29 is 28.9 Å². The molecule has 7 nitrogen and oxygen atoms in total. The number of methoxy groups -OCH3 is 2. The summed E-state index contributed by atoms with van der Waals surface area (Å²) < 4.78 is 16.4. The van der Waals surface area contributed by atoms with Gasteiger partial charge in [-0.05, 0) is 24.1 Å². The van der Waals surface area contributed by atoms with E-state index in [1.807, 2.05) is 24.3 Å². The first kappa shape index (κ1) is 16.9. The summed E-state index contributed by atoms with van der Waals surface area (Å²) in [4.78, 5) is 26.1. The van der Waals surface area contributed by atoms with E-state index in [0.717, 1.165) is 5.56 Å². The average molecular weight is 359 g/mol. The topological polar surface area (TPSA) is 85.3 Å². The summed E-state index contributed by atoms with van der Waals surface area (Å²) in [5, 5.41) is 9.49. The van der Waals surface area contributed by atoms with Gasteiger partial charge in [-0.3, -0.25) is 9.59 Å². The second kappa shape index (κ2) is 6.02. The first-order valence-corrected chi connectivity index (χ1v) is 8.59. The summed E-state index contributed by atoms with van der Waals surface area (Å²) in [7, 11) is 3.16. The largest absolute Gasteiger partial charge is 0.493 e. The van der Waals surface area contributed by atoms with Crippen LogP contribution in [0.4, 0.5) is 0 Å². The lowest BCUT2D eigenvalue weighted by Gasteiger charge is -2.21. The molecule has 1 amide bonds. The Hall–Kier alpha value is -2.54. The Morgan fingerprint density at radius 2 is 2.12 bits per heavy atom. The minimum absolute atomic E-state index is 0.135. The van der Waals surface area contributed by atoms with Gasteiger partial charge in [-0.15, -0.1) is 0 Å². The number of carbonyl (C=O) groups is 2.